The maximum Gasteiger partial charge on any atom is 0.266 e. The van der Waals surface area contributed by atoms with Crippen molar-refractivity contribution in [2.24, 2.45) is 0 Å². The summed E-state index contributed by atoms with van der Waals surface area (Å²) in [5.74, 6) is 0.407. The first-order valence-electron chi connectivity index (χ1n) is 6.62. The Hall–Kier alpha value is -1.86. The Morgan fingerprint density at radius 1 is 1.27 bits per heavy atom. The van der Waals surface area contributed by atoms with Crippen molar-refractivity contribution < 1.29 is 9.59 Å². The molecule has 0 radical (unpaired) electrons. The zero-order valence-electron chi connectivity index (χ0n) is 11.2. The minimum absolute atomic E-state index is 0.119. The molecule has 1 aromatic heterocycles. The number of thioether (sulfide) groups is 1. The van der Waals surface area contributed by atoms with E-state index in [0.29, 0.717) is 5.82 Å². The molecule has 1 fully saturated rings. The summed E-state index contributed by atoms with van der Waals surface area (Å²) in [4.78, 5) is 29.9. The van der Waals surface area contributed by atoms with Gasteiger partial charge in [0.05, 0.1) is 5.75 Å². The molecule has 1 spiro atoms. The van der Waals surface area contributed by atoms with E-state index in [-0.39, 0.29) is 17.6 Å². The lowest BCUT2D eigenvalue weighted by Gasteiger charge is -2.31. The van der Waals surface area contributed by atoms with Crippen LogP contribution in [0.4, 0.5) is 11.5 Å². The van der Waals surface area contributed by atoms with E-state index < -0.39 is 4.87 Å². The number of carbonyl (C=O) groups excluding carboxylic acids is 2. The first-order chi connectivity index (χ1) is 10.6. The number of anilines is 2. The molecule has 2 aliphatic heterocycles. The zero-order valence-corrected chi connectivity index (χ0v) is 13.6. The van der Waals surface area contributed by atoms with Gasteiger partial charge in [0, 0.05) is 21.9 Å². The third-order valence-corrected chi connectivity index (χ3v) is 5.64. The fraction of sp³-hybridized carbons (Fsp3) is 0.133. The highest BCUT2D eigenvalue weighted by Gasteiger charge is 2.58. The maximum absolute atomic E-state index is 12.7. The molecule has 0 saturated carbocycles. The van der Waals surface area contributed by atoms with E-state index in [2.05, 4.69) is 26.2 Å². The van der Waals surface area contributed by atoms with Gasteiger partial charge < -0.3 is 5.32 Å². The molecule has 1 unspecified atom stereocenters. The molecule has 1 aromatic carbocycles. The Balaban J connectivity index is 1.95. The summed E-state index contributed by atoms with van der Waals surface area (Å²) in [6, 6.07) is 10.9. The van der Waals surface area contributed by atoms with Gasteiger partial charge in [0.15, 0.2) is 0 Å². The highest BCUT2D eigenvalue weighted by atomic mass is 79.9. The predicted octanol–water partition coefficient (Wildman–Crippen LogP) is 2.73. The third kappa shape index (κ3) is 1.75. The Bertz CT molecular complexity index is 799. The Morgan fingerprint density at radius 2 is 2.14 bits per heavy atom. The second-order valence-electron chi connectivity index (χ2n) is 4.99. The number of nitrogens with zero attached hydrogens (tertiary/aromatic N) is 2. The molecule has 4 rings (SSSR count). The number of hydrogen-bond donors (Lipinski definition) is 1. The lowest BCUT2D eigenvalue weighted by atomic mass is 10.1. The van der Waals surface area contributed by atoms with Gasteiger partial charge in [-0.05, 0) is 30.3 Å². The van der Waals surface area contributed by atoms with Gasteiger partial charge >= 0.3 is 0 Å². The maximum atomic E-state index is 12.7. The third-order valence-electron chi connectivity index (χ3n) is 3.75. The van der Waals surface area contributed by atoms with Crippen LogP contribution in [0.3, 0.4) is 0 Å². The van der Waals surface area contributed by atoms with Crippen molar-refractivity contribution in [3.05, 3.63) is 52.6 Å². The quantitative estimate of drug-likeness (QED) is 0.832. The van der Waals surface area contributed by atoms with Crippen molar-refractivity contribution in [1.29, 1.82) is 0 Å². The molecule has 0 aliphatic carbocycles. The van der Waals surface area contributed by atoms with Gasteiger partial charge in [-0.15, -0.1) is 11.8 Å². The summed E-state index contributed by atoms with van der Waals surface area (Å²) < 4.78 is 0.864. The predicted molar refractivity (Wildman–Crippen MR) is 88.6 cm³/mol. The summed E-state index contributed by atoms with van der Waals surface area (Å²) in [7, 11) is 0. The van der Waals surface area contributed by atoms with Crippen LogP contribution in [-0.2, 0) is 14.5 Å². The number of nitrogens with one attached hydrogen (secondary N) is 1. The standard InChI is InChI=1S/C15H10BrN3O2S/c16-9-4-5-11-10(7-9)15(14(21)18-11)19(13(20)8-22-15)12-3-1-2-6-17-12/h1-7H,8H2,(H,18,21). The highest BCUT2D eigenvalue weighted by Crippen LogP contribution is 2.53. The van der Waals surface area contributed by atoms with Crippen LogP contribution < -0.4 is 10.2 Å². The van der Waals surface area contributed by atoms with Gasteiger partial charge in [0.2, 0.25) is 10.8 Å². The van der Waals surface area contributed by atoms with Crippen LogP contribution >= 0.6 is 27.7 Å². The van der Waals surface area contributed by atoms with Crippen molar-refractivity contribution in [3.63, 3.8) is 0 Å². The molecule has 7 heteroatoms. The molecule has 2 amide bonds. The molecular formula is C15H10BrN3O2S. The van der Waals surface area contributed by atoms with Crippen LogP contribution in [0.15, 0.2) is 47.1 Å². The van der Waals surface area contributed by atoms with E-state index in [9.17, 15) is 9.59 Å². The van der Waals surface area contributed by atoms with Gasteiger partial charge in [-0.1, -0.05) is 22.0 Å². The van der Waals surface area contributed by atoms with Crippen LogP contribution in [0.2, 0.25) is 0 Å². The first kappa shape index (κ1) is 13.8. The number of aromatic nitrogens is 1. The van der Waals surface area contributed by atoms with Crippen LogP contribution in [0.25, 0.3) is 0 Å². The average Bonchev–Trinajstić information content (AvgIpc) is 3.00. The number of rotatable bonds is 1. The van der Waals surface area contributed by atoms with Crippen LogP contribution in [0, 0.1) is 0 Å². The lowest BCUT2D eigenvalue weighted by molar-refractivity contribution is -0.122. The largest absolute Gasteiger partial charge is 0.323 e. The van der Waals surface area contributed by atoms with E-state index >= 15 is 0 Å². The molecule has 1 saturated heterocycles. The first-order valence-corrected chi connectivity index (χ1v) is 8.40. The number of hydrogen-bond acceptors (Lipinski definition) is 4. The lowest BCUT2D eigenvalue weighted by Crippen LogP contribution is -2.47. The van der Waals surface area contributed by atoms with Crippen molar-refractivity contribution in [2.45, 2.75) is 4.87 Å². The Kier molecular flexibility index (Phi) is 3.02. The van der Waals surface area contributed by atoms with Gasteiger partial charge in [-0.3, -0.25) is 14.5 Å². The molecule has 22 heavy (non-hydrogen) atoms. The number of benzene rings is 1. The molecule has 2 aromatic rings. The molecule has 2 aliphatic rings. The number of carbonyl (C=O) groups is 2. The van der Waals surface area contributed by atoms with E-state index in [1.54, 1.807) is 24.4 Å². The Labute approximate surface area is 139 Å². The summed E-state index contributed by atoms with van der Waals surface area (Å²) >= 11 is 4.77. The van der Waals surface area contributed by atoms with Crippen LogP contribution in [0.5, 0.6) is 0 Å². The van der Waals surface area contributed by atoms with Crippen molar-refractivity contribution in [1.82, 2.24) is 4.98 Å². The number of halogens is 1. The van der Waals surface area contributed by atoms with Gasteiger partial charge in [0.25, 0.3) is 5.91 Å². The minimum Gasteiger partial charge on any atom is -0.323 e. The van der Waals surface area contributed by atoms with Crippen molar-refractivity contribution in [3.8, 4) is 0 Å². The topological polar surface area (TPSA) is 62.3 Å². The van der Waals surface area contributed by atoms with Crippen molar-refractivity contribution in [2.75, 3.05) is 16.0 Å². The summed E-state index contributed by atoms with van der Waals surface area (Å²) in [6.45, 7) is 0. The number of pyridine rings is 1. The smallest absolute Gasteiger partial charge is 0.266 e. The number of amides is 2. The molecule has 3 heterocycles. The molecular weight excluding hydrogens is 366 g/mol. The highest BCUT2D eigenvalue weighted by molar-refractivity contribution is 9.10. The van der Waals surface area contributed by atoms with E-state index in [1.807, 2.05) is 18.2 Å². The van der Waals surface area contributed by atoms with E-state index in [1.165, 1.54) is 16.7 Å². The normalized spacial score (nSPS) is 23.0. The molecule has 1 atom stereocenters. The second kappa shape index (κ2) is 4.82. The van der Waals surface area contributed by atoms with Gasteiger partial charge in [-0.25, -0.2) is 4.98 Å². The van der Waals surface area contributed by atoms with E-state index in [4.69, 9.17) is 0 Å². The SMILES string of the molecule is O=C1CSC2(C(=O)Nc3ccc(Br)cc32)N1c1ccccn1. The van der Waals surface area contributed by atoms with Crippen molar-refractivity contribution >= 4 is 51.0 Å². The van der Waals surface area contributed by atoms with Gasteiger partial charge in [0.1, 0.15) is 5.82 Å². The second-order valence-corrected chi connectivity index (χ2v) is 7.08. The fourth-order valence-electron chi connectivity index (χ4n) is 2.85. The molecule has 1 N–H and O–H groups in total. The zero-order chi connectivity index (χ0) is 15.3. The number of fused-ring (bicyclic) bond motifs is 2. The fourth-order valence-corrected chi connectivity index (χ4v) is 4.50. The minimum atomic E-state index is -1.08. The summed E-state index contributed by atoms with van der Waals surface area (Å²) in [5.41, 5.74) is 1.52. The van der Waals surface area contributed by atoms with Crippen LogP contribution in [0.1, 0.15) is 5.56 Å². The van der Waals surface area contributed by atoms with Gasteiger partial charge in [-0.2, -0.15) is 0 Å². The molecule has 5 nitrogen and oxygen atoms in total. The Morgan fingerprint density at radius 3 is 2.91 bits per heavy atom. The molecule has 0 bridgehead atoms. The molecule has 110 valence electrons. The van der Waals surface area contributed by atoms with Crippen LogP contribution in [-0.4, -0.2) is 22.6 Å². The van der Waals surface area contributed by atoms with E-state index in [0.717, 1.165) is 15.7 Å². The summed E-state index contributed by atoms with van der Waals surface area (Å²) in [6.07, 6.45) is 1.62. The monoisotopic (exact) mass is 375 g/mol. The average molecular weight is 376 g/mol. The summed E-state index contributed by atoms with van der Waals surface area (Å²) in [5, 5.41) is 2.88.